The fourth-order valence-electron chi connectivity index (χ4n) is 1.31. The van der Waals surface area contributed by atoms with Gasteiger partial charge in [0, 0.05) is 6.61 Å². The summed E-state index contributed by atoms with van der Waals surface area (Å²) in [5.41, 5.74) is -1.39. The van der Waals surface area contributed by atoms with Crippen LogP contribution in [0, 0.1) is 0 Å². The van der Waals surface area contributed by atoms with Gasteiger partial charge < -0.3 is 34.2 Å². The van der Waals surface area contributed by atoms with Crippen LogP contribution in [0.3, 0.4) is 0 Å². The number of ether oxygens (including phenoxy) is 2. The summed E-state index contributed by atoms with van der Waals surface area (Å²) in [5, 5.41) is 6.15. The Hall–Kier alpha value is 0.180. The number of rotatable bonds is 8. The lowest BCUT2D eigenvalue weighted by molar-refractivity contribution is -0.0889. The molecule has 0 aromatic carbocycles. The van der Waals surface area contributed by atoms with Crippen LogP contribution in [0.15, 0.2) is 0 Å². The van der Waals surface area contributed by atoms with Crippen LogP contribution in [-0.2, 0) is 18.6 Å². The summed E-state index contributed by atoms with van der Waals surface area (Å²) in [7, 11) is -11.0. The first-order valence-corrected chi connectivity index (χ1v) is 9.75. The average molecular weight is 364 g/mol. The molecule has 0 aliphatic rings. The van der Waals surface area contributed by atoms with Crippen molar-refractivity contribution in [1.82, 2.24) is 0 Å². The smallest absolute Gasteiger partial charge is 0.371 e. The Morgan fingerprint density at radius 1 is 0.864 bits per heavy atom. The first-order valence-electron chi connectivity index (χ1n) is 6.53. The van der Waals surface area contributed by atoms with Crippen molar-refractivity contribution >= 4 is 15.2 Å². The maximum Gasteiger partial charge on any atom is 0.371 e. The van der Waals surface area contributed by atoms with E-state index in [1.165, 1.54) is 0 Å². The highest BCUT2D eigenvalue weighted by Gasteiger charge is 2.60. The van der Waals surface area contributed by atoms with Gasteiger partial charge in [-0.25, -0.2) is 0 Å². The Morgan fingerprint density at radius 2 is 1.27 bits per heavy atom. The first-order chi connectivity index (χ1) is 9.41. The molecule has 0 radical (unpaired) electrons. The van der Waals surface area contributed by atoms with Crippen LogP contribution in [0.25, 0.3) is 0 Å². The lowest BCUT2D eigenvalue weighted by Gasteiger charge is -2.34. The molecule has 22 heavy (non-hydrogen) atoms. The molecule has 0 bridgehead atoms. The quantitative estimate of drug-likeness (QED) is 0.397. The molecule has 0 fully saturated rings. The van der Waals surface area contributed by atoms with Crippen molar-refractivity contribution in [2.75, 3.05) is 13.2 Å². The molecule has 0 aromatic rings. The van der Waals surface area contributed by atoms with Crippen LogP contribution >= 0.6 is 15.2 Å². The standard InChI is InChI=1S/C11H26O9P2/c1-9(2,3)19-7-6-10(4,5)20-8-11(12,21(13,14)15)22(16,17)18/h12H,6-8H2,1-5H3,(H2,13,14,15)(H2,16,17,18). The second-order valence-corrected chi connectivity index (χ2v) is 10.6. The topological polar surface area (TPSA) is 154 Å². The van der Waals surface area contributed by atoms with Crippen LogP contribution in [0.2, 0.25) is 0 Å². The van der Waals surface area contributed by atoms with Gasteiger partial charge in [-0.1, -0.05) is 0 Å². The lowest BCUT2D eigenvalue weighted by atomic mass is 10.1. The van der Waals surface area contributed by atoms with Crippen LogP contribution in [0.4, 0.5) is 0 Å². The first kappa shape index (κ1) is 22.2. The Labute approximate surface area is 130 Å². The Balaban J connectivity index is 4.87. The minimum Gasteiger partial charge on any atom is -0.376 e. The van der Waals surface area contributed by atoms with E-state index < -0.39 is 32.5 Å². The Bertz CT molecular complexity index is 435. The lowest BCUT2D eigenvalue weighted by Crippen LogP contribution is -2.39. The highest BCUT2D eigenvalue weighted by Crippen LogP contribution is 2.67. The molecule has 9 nitrogen and oxygen atoms in total. The normalized spacial score (nSPS) is 15.2. The summed E-state index contributed by atoms with van der Waals surface area (Å²) in [4.78, 5) is 36.1. The van der Waals surface area contributed by atoms with Crippen molar-refractivity contribution in [2.45, 2.75) is 57.3 Å². The van der Waals surface area contributed by atoms with Gasteiger partial charge in [-0.3, -0.25) is 9.13 Å². The molecular formula is C11H26O9P2. The van der Waals surface area contributed by atoms with Gasteiger partial charge in [0.15, 0.2) is 0 Å². The molecule has 0 amide bonds. The minimum absolute atomic E-state index is 0.265. The monoisotopic (exact) mass is 364 g/mol. The van der Waals surface area contributed by atoms with Crippen molar-refractivity contribution in [3.05, 3.63) is 0 Å². The second-order valence-electron chi connectivity index (χ2n) is 6.62. The summed E-state index contributed by atoms with van der Waals surface area (Å²) in [6.07, 6.45) is 0.294. The minimum atomic E-state index is -5.51. The fourth-order valence-corrected chi connectivity index (χ4v) is 3.13. The number of hydrogen-bond acceptors (Lipinski definition) is 5. The van der Waals surface area contributed by atoms with Crippen molar-refractivity contribution in [3.8, 4) is 0 Å². The Morgan fingerprint density at radius 3 is 1.59 bits per heavy atom. The summed E-state index contributed by atoms with van der Waals surface area (Å²) in [5.74, 6) is 0. The maximum atomic E-state index is 11.2. The molecule has 0 aromatic heterocycles. The summed E-state index contributed by atoms with van der Waals surface area (Å²) in [6.45, 7) is 7.71. The van der Waals surface area contributed by atoms with E-state index in [4.69, 9.17) is 29.0 Å². The average Bonchev–Trinajstić information content (AvgIpc) is 2.20. The van der Waals surface area contributed by atoms with Crippen LogP contribution in [-0.4, -0.2) is 54.2 Å². The highest BCUT2D eigenvalue weighted by atomic mass is 31.2. The highest BCUT2D eigenvalue weighted by molar-refractivity contribution is 7.72. The molecule has 0 spiro atoms. The number of hydrogen-bond donors (Lipinski definition) is 5. The van der Waals surface area contributed by atoms with E-state index in [-0.39, 0.29) is 12.2 Å². The molecule has 0 rings (SSSR count). The van der Waals surface area contributed by atoms with Crippen LogP contribution in [0.1, 0.15) is 41.0 Å². The second kappa shape index (κ2) is 6.97. The van der Waals surface area contributed by atoms with Crippen molar-refractivity contribution in [3.63, 3.8) is 0 Å². The van der Waals surface area contributed by atoms with Gasteiger partial charge >= 0.3 is 15.2 Å². The van der Waals surface area contributed by atoms with Gasteiger partial charge in [0.05, 0.1) is 11.2 Å². The maximum absolute atomic E-state index is 11.2. The zero-order valence-corrected chi connectivity index (χ0v) is 15.2. The van der Waals surface area contributed by atoms with E-state index in [0.717, 1.165) is 0 Å². The van der Waals surface area contributed by atoms with E-state index in [1.54, 1.807) is 13.8 Å². The third-order valence-corrected chi connectivity index (χ3v) is 6.52. The summed E-state index contributed by atoms with van der Waals surface area (Å²) >= 11 is 0. The predicted molar refractivity (Wildman–Crippen MR) is 79.4 cm³/mol. The SMILES string of the molecule is CC(C)(C)OCCC(C)(C)OCC(O)(P(=O)(O)O)P(=O)(O)O. The molecule has 0 unspecified atom stereocenters. The largest absolute Gasteiger partial charge is 0.376 e. The van der Waals surface area contributed by atoms with Gasteiger partial charge in [0.25, 0.3) is 5.08 Å². The summed E-state index contributed by atoms with van der Waals surface area (Å²) < 4.78 is 33.0. The van der Waals surface area contributed by atoms with Crippen LogP contribution < -0.4 is 0 Å². The zero-order valence-electron chi connectivity index (χ0n) is 13.4. The molecule has 0 atom stereocenters. The molecule has 0 aliphatic heterocycles. The molecule has 0 aliphatic carbocycles. The zero-order chi connectivity index (χ0) is 18.0. The summed E-state index contributed by atoms with van der Waals surface area (Å²) in [6, 6.07) is 0. The molecule has 134 valence electrons. The van der Waals surface area contributed by atoms with Gasteiger partial charge in [-0.2, -0.15) is 0 Å². The van der Waals surface area contributed by atoms with E-state index >= 15 is 0 Å². The van der Waals surface area contributed by atoms with Gasteiger partial charge in [0.2, 0.25) is 0 Å². The van der Waals surface area contributed by atoms with Crippen molar-refractivity contribution < 1.29 is 43.3 Å². The van der Waals surface area contributed by atoms with Gasteiger partial charge in [0.1, 0.15) is 6.61 Å². The van der Waals surface area contributed by atoms with Crippen LogP contribution in [0.5, 0.6) is 0 Å². The van der Waals surface area contributed by atoms with E-state index in [1.807, 2.05) is 20.8 Å². The number of aliphatic hydroxyl groups is 1. The van der Waals surface area contributed by atoms with E-state index in [9.17, 15) is 14.2 Å². The molecular weight excluding hydrogens is 338 g/mol. The molecule has 0 saturated heterocycles. The molecule has 5 N–H and O–H groups in total. The van der Waals surface area contributed by atoms with E-state index in [2.05, 4.69) is 0 Å². The molecule has 11 heteroatoms. The van der Waals surface area contributed by atoms with Gasteiger partial charge in [-0.15, -0.1) is 0 Å². The third kappa shape index (κ3) is 6.74. The van der Waals surface area contributed by atoms with E-state index in [0.29, 0.717) is 6.42 Å². The predicted octanol–water partition coefficient (Wildman–Crippen LogP) is 0.988. The third-order valence-electron chi connectivity index (χ3n) is 2.83. The van der Waals surface area contributed by atoms with Gasteiger partial charge in [-0.05, 0) is 41.0 Å². The van der Waals surface area contributed by atoms with Crippen molar-refractivity contribution in [2.24, 2.45) is 0 Å². The molecule has 0 heterocycles. The molecule has 0 saturated carbocycles. The fraction of sp³-hybridized carbons (Fsp3) is 1.00. The van der Waals surface area contributed by atoms with Crippen molar-refractivity contribution in [1.29, 1.82) is 0 Å². The Kier molecular flexibility index (Phi) is 7.03.